The molecule has 1 heteroatoms. The summed E-state index contributed by atoms with van der Waals surface area (Å²) in [7, 11) is 2.19. The highest BCUT2D eigenvalue weighted by molar-refractivity contribution is 5.94. The normalized spacial score (nSPS) is 12.8. The third-order valence-electron chi connectivity index (χ3n) is 5.92. The van der Waals surface area contributed by atoms with Crippen LogP contribution in [0.1, 0.15) is 68.3 Å². The van der Waals surface area contributed by atoms with Crippen molar-refractivity contribution in [3.05, 3.63) is 64.8 Å². The largest absolute Gasteiger partial charge is 0.220 e. The van der Waals surface area contributed by atoms with Gasteiger partial charge in [0.1, 0.15) is 7.05 Å². The molecular formula is C25H32N+. The summed E-state index contributed by atoms with van der Waals surface area (Å²) in [4.78, 5) is 0. The summed E-state index contributed by atoms with van der Waals surface area (Å²) < 4.78 is 2.34. The molecule has 1 unspecified atom stereocenters. The van der Waals surface area contributed by atoms with Crippen molar-refractivity contribution in [1.29, 1.82) is 0 Å². The fraction of sp³-hybridized carbons (Fsp3) is 0.400. The zero-order valence-corrected chi connectivity index (χ0v) is 17.4. The lowest BCUT2D eigenvalue weighted by molar-refractivity contribution is -0.665. The zero-order valence-electron chi connectivity index (χ0n) is 17.4. The van der Waals surface area contributed by atoms with E-state index in [4.69, 9.17) is 0 Å². The standard InChI is InChI=1S/C25H32N/c1-8-17(4)21-11-12-23-22(14-21)13-19(6)26(7)25(23)24-15-20(16(2)3)10-9-18(24)5/h9-17H,8H2,1-7H3/q+1. The van der Waals surface area contributed by atoms with Crippen LogP contribution in [0.3, 0.4) is 0 Å². The van der Waals surface area contributed by atoms with E-state index in [0.29, 0.717) is 11.8 Å². The van der Waals surface area contributed by atoms with Gasteiger partial charge < -0.3 is 0 Å². The molecule has 3 rings (SSSR count). The average molecular weight is 347 g/mol. The number of nitrogens with zero attached hydrogens (tertiary/aromatic N) is 1. The van der Waals surface area contributed by atoms with Crippen molar-refractivity contribution < 1.29 is 4.57 Å². The van der Waals surface area contributed by atoms with E-state index in [1.54, 1.807) is 0 Å². The van der Waals surface area contributed by atoms with Gasteiger partial charge in [0.05, 0.1) is 5.39 Å². The minimum atomic E-state index is 0.535. The second-order valence-electron chi connectivity index (χ2n) is 8.08. The monoisotopic (exact) mass is 346 g/mol. The average Bonchev–Trinajstić information content (AvgIpc) is 2.62. The Hall–Kier alpha value is -2.15. The molecule has 2 aromatic carbocycles. The topological polar surface area (TPSA) is 3.88 Å². The number of aryl methyl sites for hydroxylation is 2. The predicted molar refractivity (Wildman–Crippen MR) is 113 cm³/mol. The minimum Gasteiger partial charge on any atom is -0.198 e. The third kappa shape index (κ3) is 3.28. The molecule has 26 heavy (non-hydrogen) atoms. The number of fused-ring (bicyclic) bond motifs is 1. The molecule has 0 bridgehead atoms. The number of pyridine rings is 1. The van der Waals surface area contributed by atoms with Crippen molar-refractivity contribution in [2.45, 2.75) is 59.8 Å². The van der Waals surface area contributed by atoms with E-state index in [9.17, 15) is 0 Å². The quantitative estimate of drug-likeness (QED) is 0.469. The van der Waals surface area contributed by atoms with Crippen molar-refractivity contribution in [2.75, 3.05) is 0 Å². The second kappa shape index (κ2) is 7.23. The number of aromatic nitrogens is 1. The molecule has 3 aromatic rings. The summed E-state index contributed by atoms with van der Waals surface area (Å²) >= 11 is 0. The highest BCUT2D eigenvalue weighted by Gasteiger charge is 2.21. The molecule has 1 atom stereocenters. The third-order valence-corrected chi connectivity index (χ3v) is 5.92. The van der Waals surface area contributed by atoms with Gasteiger partial charge in [0.25, 0.3) is 0 Å². The molecule has 0 aliphatic carbocycles. The molecular weight excluding hydrogens is 314 g/mol. The molecule has 0 saturated heterocycles. The van der Waals surface area contributed by atoms with Gasteiger partial charge in [-0.15, -0.1) is 0 Å². The van der Waals surface area contributed by atoms with Gasteiger partial charge in [-0.05, 0) is 59.4 Å². The summed E-state index contributed by atoms with van der Waals surface area (Å²) in [6, 6.07) is 16.3. The zero-order chi connectivity index (χ0) is 19.0. The van der Waals surface area contributed by atoms with E-state index in [2.05, 4.69) is 95.6 Å². The van der Waals surface area contributed by atoms with Crippen LogP contribution in [0.4, 0.5) is 0 Å². The van der Waals surface area contributed by atoms with Gasteiger partial charge in [-0.3, -0.25) is 0 Å². The molecule has 1 nitrogen and oxygen atoms in total. The van der Waals surface area contributed by atoms with Crippen molar-refractivity contribution in [1.82, 2.24) is 0 Å². The van der Waals surface area contributed by atoms with E-state index < -0.39 is 0 Å². The first-order valence-corrected chi connectivity index (χ1v) is 9.87. The fourth-order valence-corrected chi connectivity index (χ4v) is 3.72. The Bertz CT molecular complexity index is 950. The van der Waals surface area contributed by atoms with Crippen molar-refractivity contribution in [3.8, 4) is 11.3 Å². The lowest BCUT2D eigenvalue weighted by Gasteiger charge is -2.15. The van der Waals surface area contributed by atoms with Crippen LogP contribution < -0.4 is 4.57 Å². The maximum absolute atomic E-state index is 2.39. The van der Waals surface area contributed by atoms with Crippen LogP contribution in [-0.2, 0) is 7.05 Å². The molecule has 0 aliphatic rings. The van der Waals surface area contributed by atoms with Crippen LogP contribution in [0.5, 0.6) is 0 Å². The summed E-state index contributed by atoms with van der Waals surface area (Å²) in [5.74, 6) is 1.14. The number of benzene rings is 2. The number of rotatable bonds is 4. The summed E-state index contributed by atoms with van der Waals surface area (Å²) in [5, 5.41) is 2.69. The smallest absolute Gasteiger partial charge is 0.198 e. The molecule has 0 radical (unpaired) electrons. The van der Waals surface area contributed by atoms with Gasteiger partial charge in [-0.25, -0.2) is 0 Å². The Labute approximate surface area is 158 Å². The van der Waals surface area contributed by atoms with E-state index in [1.807, 2.05) is 0 Å². The van der Waals surface area contributed by atoms with E-state index in [0.717, 1.165) is 0 Å². The Morgan fingerprint density at radius 1 is 0.885 bits per heavy atom. The van der Waals surface area contributed by atoms with E-state index in [-0.39, 0.29) is 0 Å². The van der Waals surface area contributed by atoms with Crippen LogP contribution >= 0.6 is 0 Å². The molecule has 0 fully saturated rings. The van der Waals surface area contributed by atoms with Crippen LogP contribution in [0.25, 0.3) is 22.0 Å². The maximum atomic E-state index is 2.39. The Morgan fingerprint density at radius 2 is 1.58 bits per heavy atom. The van der Waals surface area contributed by atoms with Gasteiger partial charge in [0.15, 0.2) is 5.69 Å². The minimum absolute atomic E-state index is 0.535. The van der Waals surface area contributed by atoms with E-state index >= 15 is 0 Å². The summed E-state index contributed by atoms with van der Waals surface area (Å²) in [6.45, 7) is 13.5. The number of hydrogen-bond donors (Lipinski definition) is 0. The van der Waals surface area contributed by atoms with Gasteiger partial charge >= 0.3 is 0 Å². The molecule has 0 aliphatic heterocycles. The lowest BCUT2D eigenvalue weighted by Crippen LogP contribution is -2.35. The first kappa shape index (κ1) is 18.6. The van der Waals surface area contributed by atoms with Gasteiger partial charge in [-0.1, -0.05) is 52.0 Å². The Morgan fingerprint density at radius 3 is 2.23 bits per heavy atom. The first-order chi connectivity index (χ1) is 12.3. The molecule has 0 spiro atoms. The second-order valence-corrected chi connectivity index (χ2v) is 8.08. The number of hydrogen-bond acceptors (Lipinski definition) is 0. The maximum Gasteiger partial charge on any atom is 0.220 e. The molecule has 0 saturated carbocycles. The first-order valence-electron chi connectivity index (χ1n) is 9.87. The Balaban J connectivity index is 2.32. The van der Waals surface area contributed by atoms with Crippen LogP contribution in [0.2, 0.25) is 0 Å². The van der Waals surface area contributed by atoms with Crippen LogP contribution in [0, 0.1) is 13.8 Å². The van der Waals surface area contributed by atoms with Crippen molar-refractivity contribution in [2.24, 2.45) is 7.05 Å². The van der Waals surface area contributed by atoms with Crippen LogP contribution in [0.15, 0.2) is 42.5 Å². The summed E-state index contributed by atoms with van der Waals surface area (Å²) in [6.07, 6.45) is 1.17. The van der Waals surface area contributed by atoms with Gasteiger partial charge in [-0.2, -0.15) is 4.57 Å². The molecule has 0 amide bonds. The van der Waals surface area contributed by atoms with Crippen molar-refractivity contribution >= 4 is 10.8 Å². The predicted octanol–water partition coefficient (Wildman–Crippen LogP) is 6.59. The highest BCUT2D eigenvalue weighted by atomic mass is 14.9. The molecule has 0 N–H and O–H groups in total. The molecule has 1 heterocycles. The SMILES string of the molecule is CCC(C)c1ccc2c(-c3cc(C(C)C)ccc3C)[n+](C)c(C)cc2c1. The van der Waals surface area contributed by atoms with Crippen molar-refractivity contribution in [3.63, 3.8) is 0 Å². The lowest BCUT2D eigenvalue weighted by atomic mass is 9.91. The molecule has 1 aromatic heterocycles. The molecule has 136 valence electrons. The summed E-state index contributed by atoms with van der Waals surface area (Å²) in [5.41, 5.74) is 8.15. The Kier molecular flexibility index (Phi) is 5.18. The fourth-order valence-electron chi connectivity index (χ4n) is 3.72. The van der Waals surface area contributed by atoms with Crippen LogP contribution in [-0.4, -0.2) is 0 Å². The van der Waals surface area contributed by atoms with Gasteiger partial charge in [0.2, 0.25) is 5.69 Å². The highest BCUT2D eigenvalue weighted by Crippen LogP contribution is 2.33. The van der Waals surface area contributed by atoms with E-state index in [1.165, 1.54) is 50.8 Å². The van der Waals surface area contributed by atoms with Gasteiger partial charge in [0, 0.05) is 18.6 Å².